The minimum Gasteiger partial charge on any atom is -0.455 e. The van der Waals surface area contributed by atoms with E-state index in [1.165, 1.54) is 27.6 Å². The number of hydrogen-bond donors (Lipinski definition) is 0. The molecule has 0 saturated carbocycles. The van der Waals surface area contributed by atoms with Gasteiger partial charge in [-0.1, -0.05) is 140 Å². The lowest BCUT2D eigenvalue weighted by molar-refractivity contribution is -0.135. The number of benzene rings is 8. The van der Waals surface area contributed by atoms with Crippen molar-refractivity contribution in [3.05, 3.63) is 162 Å². The van der Waals surface area contributed by atoms with Crippen molar-refractivity contribution in [1.82, 2.24) is 0 Å². The fourth-order valence-corrected chi connectivity index (χ4v) is 8.51. The molecule has 0 fully saturated rings. The highest BCUT2D eigenvalue weighted by Crippen LogP contribution is 2.49. The molecule has 0 saturated heterocycles. The van der Waals surface area contributed by atoms with E-state index in [0.29, 0.717) is 16.4 Å². The highest BCUT2D eigenvalue weighted by molar-refractivity contribution is 6.19. The van der Waals surface area contributed by atoms with Crippen molar-refractivity contribution in [2.24, 2.45) is 0 Å². The Kier molecular flexibility index (Phi) is 6.53. The summed E-state index contributed by atoms with van der Waals surface area (Å²) in [5.74, 6) is 0. The number of rotatable bonds is 3. The van der Waals surface area contributed by atoms with E-state index in [1.54, 1.807) is 48.5 Å². The first-order chi connectivity index (χ1) is 25.0. The van der Waals surface area contributed by atoms with Gasteiger partial charge in [-0.15, -0.1) is 0 Å². The highest BCUT2D eigenvalue weighted by Gasteiger charge is 2.36. The second-order valence-corrected chi connectivity index (χ2v) is 13.3. The first-order valence-electron chi connectivity index (χ1n) is 17.2. The highest BCUT2D eigenvalue weighted by atomic mass is 19.4. The van der Waals surface area contributed by atoms with Crippen LogP contribution in [0.4, 0.5) is 13.2 Å². The van der Waals surface area contributed by atoms with Crippen molar-refractivity contribution in [2.45, 2.75) is 19.0 Å². The van der Waals surface area contributed by atoms with Gasteiger partial charge in [0.25, 0.3) is 0 Å². The largest absolute Gasteiger partial charge is 0.455 e. The number of fused-ring (bicyclic) bond motifs is 7. The van der Waals surface area contributed by atoms with Gasteiger partial charge >= 0.3 is 6.18 Å². The first-order valence-corrected chi connectivity index (χ1v) is 17.2. The molecule has 51 heavy (non-hydrogen) atoms. The maximum atomic E-state index is 14.6. The second kappa shape index (κ2) is 11.2. The average Bonchev–Trinajstić information content (AvgIpc) is 3.54. The van der Waals surface area contributed by atoms with Crippen LogP contribution < -0.4 is 0 Å². The zero-order valence-electron chi connectivity index (χ0n) is 27.4. The Morgan fingerprint density at radius 2 is 1.08 bits per heavy atom. The summed E-state index contributed by atoms with van der Waals surface area (Å²) >= 11 is 0. The molecule has 8 aromatic carbocycles. The summed E-state index contributed by atoms with van der Waals surface area (Å²) in [6, 6.07) is 45.3. The predicted octanol–water partition coefficient (Wildman–Crippen LogP) is 14.0. The maximum absolute atomic E-state index is 14.6. The number of allylic oxidation sites excluding steroid dienone is 1. The molecule has 0 N–H and O–H groups in total. The van der Waals surface area contributed by atoms with E-state index in [4.69, 9.17) is 4.42 Å². The third-order valence-electron chi connectivity index (χ3n) is 10.5. The molecule has 0 amide bonds. The van der Waals surface area contributed by atoms with Gasteiger partial charge < -0.3 is 4.42 Å². The molecule has 1 heterocycles. The molecule has 0 unspecified atom stereocenters. The molecular formula is C47H29F3O. The fraction of sp³-hybridized carbons (Fsp3) is 0.0638. The fourth-order valence-electron chi connectivity index (χ4n) is 8.51. The summed E-state index contributed by atoms with van der Waals surface area (Å²) in [6.07, 6.45) is 1.96. The lowest BCUT2D eigenvalue weighted by Gasteiger charge is -2.23. The Morgan fingerprint density at radius 3 is 1.75 bits per heavy atom. The van der Waals surface area contributed by atoms with Gasteiger partial charge in [0.2, 0.25) is 0 Å². The number of para-hydroxylation sites is 1. The molecule has 9 aromatic rings. The minimum atomic E-state index is -4.51. The molecule has 0 radical (unpaired) electrons. The van der Waals surface area contributed by atoms with Crippen LogP contribution >= 0.6 is 0 Å². The smallest absolute Gasteiger partial charge is 0.417 e. The topological polar surface area (TPSA) is 13.1 Å². The van der Waals surface area contributed by atoms with E-state index >= 15 is 0 Å². The molecule has 1 aliphatic carbocycles. The third kappa shape index (κ3) is 4.49. The molecule has 1 aromatic heterocycles. The summed E-state index contributed by atoms with van der Waals surface area (Å²) in [7, 11) is 0. The van der Waals surface area contributed by atoms with Gasteiger partial charge in [0, 0.05) is 21.9 Å². The van der Waals surface area contributed by atoms with Crippen LogP contribution in [0.5, 0.6) is 0 Å². The van der Waals surface area contributed by atoms with E-state index in [9.17, 15) is 13.2 Å². The standard InChI is InChI=1S/C47H29F3O/c48-47(49,50)45-37-21-10-8-19-35(37)43(36-20-9-11-22-38(36)45)29-25-26-30-39-23-12-24-40(46(39)51-41(30)27-29)44-33-17-6-4-15-31(33)42(28-13-2-1-3-14-28)32-16-5-7-18-34(32)44/h1-4,6-15,17-27H,5,16H2. The van der Waals surface area contributed by atoms with Crippen molar-refractivity contribution < 1.29 is 17.6 Å². The summed E-state index contributed by atoms with van der Waals surface area (Å²) < 4.78 is 50.6. The van der Waals surface area contributed by atoms with Gasteiger partial charge in [0.05, 0.1) is 5.56 Å². The van der Waals surface area contributed by atoms with Crippen LogP contribution in [0, 0.1) is 0 Å². The summed E-state index contributed by atoms with van der Waals surface area (Å²) in [5.41, 5.74) is 9.69. The van der Waals surface area contributed by atoms with Crippen LogP contribution in [0.3, 0.4) is 0 Å². The quantitative estimate of drug-likeness (QED) is 0.171. The van der Waals surface area contributed by atoms with Crippen LogP contribution in [-0.4, -0.2) is 0 Å². The number of halogens is 3. The summed E-state index contributed by atoms with van der Waals surface area (Å²) in [6.45, 7) is 0. The molecule has 0 aliphatic heterocycles. The molecule has 4 heteroatoms. The molecule has 244 valence electrons. The summed E-state index contributed by atoms with van der Waals surface area (Å²) in [5, 5.41) is 5.84. The first kappa shape index (κ1) is 29.8. The molecule has 0 atom stereocenters. The zero-order valence-corrected chi connectivity index (χ0v) is 27.4. The van der Waals surface area contributed by atoms with Gasteiger partial charge in [0.15, 0.2) is 0 Å². The van der Waals surface area contributed by atoms with Gasteiger partial charge in [-0.25, -0.2) is 0 Å². The van der Waals surface area contributed by atoms with Gasteiger partial charge in [-0.05, 0) is 90.7 Å². The Balaban J connectivity index is 1.24. The average molecular weight is 667 g/mol. The normalized spacial score (nSPS) is 13.2. The second-order valence-electron chi connectivity index (χ2n) is 13.3. The van der Waals surface area contributed by atoms with Gasteiger partial charge in [-0.2, -0.15) is 13.2 Å². The van der Waals surface area contributed by atoms with E-state index in [-0.39, 0.29) is 10.8 Å². The molecular weight excluding hydrogens is 638 g/mol. The predicted molar refractivity (Wildman–Crippen MR) is 205 cm³/mol. The molecule has 0 spiro atoms. The van der Waals surface area contributed by atoms with Crippen molar-refractivity contribution in [2.75, 3.05) is 0 Å². The van der Waals surface area contributed by atoms with E-state index in [1.807, 2.05) is 18.2 Å². The lowest BCUT2D eigenvalue weighted by atomic mass is 9.80. The van der Waals surface area contributed by atoms with Gasteiger partial charge in [0.1, 0.15) is 11.2 Å². The van der Waals surface area contributed by atoms with Gasteiger partial charge in [-0.3, -0.25) is 0 Å². The van der Waals surface area contributed by atoms with Crippen LogP contribution in [-0.2, 0) is 12.6 Å². The van der Waals surface area contributed by atoms with Crippen LogP contribution in [0.25, 0.3) is 93.7 Å². The van der Waals surface area contributed by atoms with Crippen molar-refractivity contribution in [3.8, 4) is 33.4 Å². The van der Waals surface area contributed by atoms with Crippen LogP contribution in [0.1, 0.15) is 23.1 Å². The Hall–Kier alpha value is -6.13. The number of furan rings is 1. The van der Waals surface area contributed by atoms with E-state index < -0.39 is 11.7 Å². The van der Waals surface area contributed by atoms with E-state index in [0.717, 1.165) is 56.8 Å². The summed E-state index contributed by atoms with van der Waals surface area (Å²) in [4.78, 5) is 0. The molecule has 1 nitrogen and oxygen atoms in total. The molecule has 0 bridgehead atoms. The molecule has 1 aliphatic rings. The van der Waals surface area contributed by atoms with Crippen LogP contribution in [0.2, 0.25) is 0 Å². The number of alkyl halides is 3. The van der Waals surface area contributed by atoms with Crippen molar-refractivity contribution in [1.29, 1.82) is 0 Å². The lowest BCUT2D eigenvalue weighted by Crippen LogP contribution is -2.07. The Bertz CT molecular complexity index is 2840. The zero-order chi connectivity index (χ0) is 34.3. The Morgan fingerprint density at radius 1 is 0.490 bits per heavy atom. The van der Waals surface area contributed by atoms with E-state index in [2.05, 4.69) is 84.9 Å². The van der Waals surface area contributed by atoms with Crippen molar-refractivity contribution in [3.63, 3.8) is 0 Å². The monoisotopic (exact) mass is 666 g/mol. The molecule has 10 rings (SSSR count). The minimum absolute atomic E-state index is 0.189. The maximum Gasteiger partial charge on any atom is 0.417 e. The SMILES string of the molecule is FC(F)(F)c1c2ccccc2c(-c2ccc3c(c2)oc2c(-c4c5c(c(-c6ccccc6)c6ccccc46)CCC=C5)cccc23)c2ccccc12. The Labute approximate surface area is 291 Å². The van der Waals surface area contributed by atoms with Crippen molar-refractivity contribution >= 4 is 60.3 Å². The third-order valence-corrected chi connectivity index (χ3v) is 10.5. The number of hydrogen-bond acceptors (Lipinski definition) is 1. The van der Waals surface area contributed by atoms with Crippen LogP contribution in [0.15, 0.2) is 150 Å².